The number of esters is 2. The molecule has 8 heteroatoms. The van der Waals surface area contributed by atoms with Gasteiger partial charge in [-0.2, -0.15) is 0 Å². The minimum Gasteiger partial charge on any atom is -0.469 e. The Hall–Kier alpha value is -4.04. The van der Waals surface area contributed by atoms with E-state index in [1.807, 2.05) is 6.07 Å². The zero-order valence-corrected chi connectivity index (χ0v) is 21.9. The van der Waals surface area contributed by atoms with Gasteiger partial charge in [0.1, 0.15) is 0 Å². The molecule has 196 valence electrons. The number of benzene rings is 1. The van der Waals surface area contributed by atoms with Crippen LogP contribution in [0.4, 0.5) is 5.69 Å². The molecule has 0 saturated carbocycles. The van der Waals surface area contributed by atoms with Gasteiger partial charge in [0, 0.05) is 17.3 Å². The average molecular weight is 506 g/mol. The van der Waals surface area contributed by atoms with Gasteiger partial charge in [0.2, 0.25) is 11.8 Å². The molecule has 3 atom stereocenters. The van der Waals surface area contributed by atoms with Crippen LogP contribution >= 0.6 is 0 Å². The number of carbonyl (C=O) groups excluding carboxylic acids is 3. The van der Waals surface area contributed by atoms with E-state index in [0.717, 1.165) is 0 Å². The lowest BCUT2D eigenvalue weighted by Gasteiger charge is -2.19. The molecule has 2 rings (SSSR count). The molecule has 37 heavy (non-hydrogen) atoms. The topological polar surface area (TPSA) is 107 Å². The number of methoxy groups -OCH3 is 1. The highest BCUT2D eigenvalue weighted by Crippen LogP contribution is 2.34. The van der Waals surface area contributed by atoms with Gasteiger partial charge in [-0.05, 0) is 43.7 Å². The van der Waals surface area contributed by atoms with Crippen molar-refractivity contribution in [1.82, 2.24) is 10.3 Å². The highest BCUT2D eigenvalue weighted by Gasteiger charge is 2.20. The van der Waals surface area contributed by atoms with E-state index in [9.17, 15) is 14.4 Å². The van der Waals surface area contributed by atoms with Gasteiger partial charge in [-0.15, -0.1) is 19.7 Å². The largest absolute Gasteiger partial charge is 0.469 e. The van der Waals surface area contributed by atoms with Crippen LogP contribution in [-0.2, 0) is 25.5 Å². The number of nitrogens with zero attached hydrogens (tertiary/aromatic N) is 1. The van der Waals surface area contributed by atoms with E-state index in [1.54, 1.807) is 57.3 Å². The Labute approximate surface area is 218 Å². The van der Waals surface area contributed by atoms with Gasteiger partial charge in [0.05, 0.1) is 37.1 Å². The van der Waals surface area contributed by atoms with Crippen LogP contribution in [0.3, 0.4) is 0 Å². The van der Waals surface area contributed by atoms with Crippen molar-refractivity contribution in [1.29, 1.82) is 0 Å². The number of amides is 1. The Morgan fingerprint density at radius 1 is 1.05 bits per heavy atom. The predicted molar refractivity (Wildman–Crippen MR) is 145 cm³/mol. The Balaban J connectivity index is 2.69. The molecule has 0 spiro atoms. The van der Waals surface area contributed by atoms with Crippen molar-refractivity contribution in [2.24, 2.45) is 11.8 Å². The lowest BCUT2D eigenvalue weighted by molar-refractivity contribution is -0.140. The van der Waals surface area contributed by atoms with Crippen molar-refractivity contribution in [3.63, 3.8) is 0 Å². The molecule has 8 nitrogen and oxygen atoms in total. The van der Waals surface area contributed by atoms with E-state index in [4.69, 9.17) is 9.47 Å². The normalized spacial score (nSPS) is 13.0. The number of hydrogen-bond donors (Lipinski definition) is 2. The summed E-state index contributed by atoms with van der Waals surface area (Å²) in [7, 11) is 3.12. The zero-order valence-electron chi connectivity index (χ0n) is 21.9. The van der Waals surface area contributed by atoms with Gasteiger partial charge in [-0.3, -0.25) is 14.4 Å². The molecule has 1 aromatic heterocycles. The summed E-state index contributed by atoms with van der Waals surface area (Å²) >= 11 is 0. The molecule has 0 fully saturated rings. The minimum absolute atomic E-state index is 0.0434. The van der Waals surface area contributed by atoms with Gasteiger partial charge < -0.3 is 20.1 Å². The first kappa shape index (κ1) is 29.2. The maximum absolute atomic E-state index is 12.8. The third-order valence-electron chi connectivity index (χ3n) is 5.86. The molecule has 1 aromatic carbocycles. The van der Waals surface area contributed by atoms with Gasteiger partial charge in [0.25, 0.3) is 0 Å². The van der Waals surface area contributed by atoms with Crippen molar-refractivity contribution in [3.05, 3.63) is 79.6 Å². The highest BCUT2D eigenvalue weighted by molar-refractivity contribution is 5.98. The van der Waals surface area contributed by atoms with Crippen LogP contribution in [0.5, 0.6) is 5.88 Å². The molecule has 0 radical (unpaired) electrons. The van der Waals surface area contributed by atoms with Crippen LogP contribution < -0.4 is 15.4 Å². The molecular weight excluding hydrogens is 470 g/mol. The number of pyridine rings is 1. The highest BCUT2D eigenvalue weighted by atomic mass is 16.5. The smallest absolute Gasteiger partial charge is 0.319 e. The van der Waals surface area contributed by atoms with Crippen LogP contribution in [0.1, 0.15) is 37.6 Å². The molecule has 0 saturated heterocycles. The second-order valence-electron chi connectivity index (χ2n) is 8.58. The Bertz CT molecular complexity index is 1170. The Kier molecular flexibility index (Phi) is 11.0. The van der Waals surface area contributed by atoms with E-state index < -0.39 is 23.8 Å². The summed E-state index contributed by atoms with van der Waals surface area (Å²) in [6.07, 6.45) is 5.44. The molecule has 1 heterocycles. The summed E-state index contributed by atoms with van der Waals surface area (Å²) in [5.74, 6) is -1.99. The fourth-order valence-corrected chi connectivity index (χ4v) is 3.41. The molecular formula is C29H35N3O5. The average Bonchev–Trinajstić information content (AvgIpc) is 2.90. The fraction of sp³-hybridized carbons (Fsp3) is 0.310. The second kappa shape index (κ2) is 13.9. The Morgan fingerprint density at radius 3 is 2.35 bits per heavy atom. The summed E-state index contributed by atoms with van der Waals surface area (Å²) in [5.41, 5.74) is 3.10. The van der Waals surface area contributed by atoms with Crippen LogP contribution in [0.15, 0.2) is 68.3 Å². The number of nitrogens with one attached hydrogen (secondary N) is 2. The SMILES string of the molecule is C=CCC(NC)c1cc(-c2ccc(CC(=O)OC)cc2NC(=O)C(C)C=C)cc(OC(=O)C(C)C=C)n1. The standard InChI is InChI=1S/C29H35N3O5/c1-8-11-23(30-6)25-16-21(17-26(31-25)37-29(35)19(5)10-3)22-13-12-20(15-27(33)36-7)14-24(22)32-28(34)18(4)9-2/h8-10,12-14,16-19,23,30H,1-3,11,15H2,4-7H3,(H,32,34). The van der Waals surface area contributed by atoms with E-state index in [1.165, 1.54) is 13.2 Å². The number of carbonyl (C=O) groups is 3. The van der Waals surface area contributed by atoms with E-state index in [2.05, 4.69) is 35.4 Å². The van der Waals surface area contributed by atoms with E-state index in [-0.39, 0.29) is 24.2 Å². The summed E-state index contributed by atoms with van der Waals surface area (Å²) in [5, 5.41) is 6.13. The van der Waals surface area contributed by atoms with Crippen molar-refractivity contribution in [2.75, 3.05) is 19.5 Å². The molecule has 0 aliphatic carbocycles. The summed E-state index contributed by atoms with van der Waals surface area (Å²) in [4.78, 5) is 41.7. The van der Waals surface area contributed by atoms with Gasteiger partial charge in [-0.25, -0.2) is 4.98 Å². The quantitative estimate of drug-likeness (QED) is 0.298. The number of hydrogen-bond acceptors (Lipinski definition) is 7. The molecule has 2 aromatic rings. The fourth-order valence-electron chi connectivity index (χ4n) is 3.41. The molecule has 0 aliphatic rings. The van der Waals surface area contributed by atoms with Crippen LogP contribution in [-0.4, -0.2) is 37.0 Å². The number of anilines is 1. The van der Waals surface area contributed by atoms with Gasteiger partial charge in [-0.1, -0.05) is 37.3 Å². The number of rotatable bonds is 13. The summed E-state index contributed by atoms with van der Waals surface area (Å²) in [6.45, 7) is 14.6. The first-order valence-corrected chi connectivity index (χ1v) is 11.9. The third kappa shape index (κ3) is 7.98. The molecule has 3 unspecified atom stereocenters. The number of aromatic nitrogens is 1. The Morgan fingerprint density at radius 2 is 1.76 bits per heavy atom. The van der Waals surface area contributed by atoms with Crippen LogP contribution in [0.2, 0.25) is 0 Å². The zero-order chi connectivity index (χ0) is 27.5. The second-order valence-corrected chi connectivity index (χ2v) is 8.58. The summed E-state index contributed by atoms with van der Waals surface area (Å²) < 4.78 is 10.4. The van der Waals surface area contributed by atoms with Crippen molar-refractivity contribution in [2.45, 2.75) is 32.7 Å². The van der Waals surface area contributed by atoms with Crippen molar-refractivity contribution < 1.29 is 23.9 Å². The molecule has 1 amide bonds. The van der Waals surface area contributed by atoms with E-state index in [0.29, 0.717) is 34.5 Å². The van der Waals surface area contributed by atoms with Crippen molar-refractivity contribution in [3.8, 4) is 17.0 Å². The lowest BCUT2D eigenvalue weighted by atomic mass is 9.98. The molecule has 0 aliphatic heterocycles. The number of ether oxygens (including phenoxy) is 2. The molecule has 0 bridgehead atoms. The van der Waals surface area contributed by atoms with Crippen molar-refractivity contribution >= 4 is 23.5 Å². The minimum atomic E-state index is -0.518. The molecule has 2 N–H and O–H groups in total. The van der Waals surface area contributed by atoms with E-state index >= 15 is 0 Å². The first-order valence-electron chi connectivity index (χ1n) is 11.9. The first-order chi connectivity index (χ1) is 17.7. The van der Waals surface area contributed by atoms with Gasteiger partial charge in [0.15, 0.2) is 0 Å². The van der Waals surface area contributed by atoms with Crippen LogP contribution in [0, 0.1) is 11.8 Å². The van der Waals surface area contributed by atoms with Crippen LogP contribution in [0.25, 0.3) is 11.1 Å². The summed E-state index contributed by atoms with van der Waals surface area (Å²) in [6, 6.07) is 8.62. The lowest BCUT2D eigenvalue weighted by Crippen LogP contribution is -2.20. The van der Waals surface area contributed by atoms with Gasteiger partial charge >= 0.3 is 11.9 Å². The maximum Gasteiger partial charge on any atom is 0.319 e. The maximum atomic E-state index is 12.8. The third-order valence-corrected chi connectivity index (χ3v) is 5.86. The monoisotopic (exact) mass is 505 g/mol. The predicted octanol–water partition coefficient (Wildman–Crippen LogP) is 4.79.